The number of carboxylic acid groups (broad SMARTS) is 1. The van der Waals surface area contributed by atoms with Gasteiger partial charge in [0.1, 0.15) is 6.04 Å². The molecular weight excluding hydrogens is 286 g/mol. The minimum atomic E-state index is -0.691. The molecule has 138 valence electrons. The van der Waals surface area contributed by atoms with E-state index in [1.54, 1.807) is 0 Å². The molecule has 0 saturated heterocycles. The normalized spacial score (nSPS) is 12.4. The first-order chi connectivity index (χ1) is 11.2. The SMILES string of the molecule is CCCCCCCCCCCCCCC(NCCCC)C(=O)O. The molecule has 0 bridgehead atoms. The van der Waals surface area contributed by atoms with E-state index < -0.39 is 5.97 Å². The molecule has 3 heteroatoms. The summed E-state index contributed by atoms with van der Waals surface area (Å²) in [7, 11) is 0. The molecule has 1 atom stereocenters. The van der Waals surface area contributed by atoms with E-state index in [-0.39, 0.29) is 6.04 Å². The molecule has 0 aromatic heterocycles. The van der Waals surface area contributed by atoms with Crippen LogP contribution in [0, 0.1) is 0 Å². The highest BCUT2D eigenvalue weighted by Crippen LogP contribution is 2.13. The first-order valence-electron chi connectivity index (χ1n) is 10.2. The van der Waals surface area contributed by atoms with E-state index in [0.29, 0.717) is 0 Å². The highest BCUT2D eigenvalue weighted by molar-refractivity contribution is 5.73. The number of aliphatic carboxylic acids is 1. The van der Waals surface area contributed by atoms with Gasteiger partial charge >= 0.3 is 5.97 Å². The fraction of sp³-hybridized carbons (Fsp3) is 0.950. The Morgan fingerprint density at radius 3 is 1.61 bits per heavy atom. The van der Waals surface area contributed by atoms with Gasteiger partial charge in [0.05, 0.1) is 0 Å². The van der Waals surface area contributed by atoms with Gasteiger partial charge < -0.3 is 10.4 Å². The van der Waals surface area contributed by atoms with Gasteiger partial charge in [0, 0.05) is 0 Å². The van der Waals surface area contributed by atoms with E-state index in [2.05, 4.69) is 19.2 Å². The molecule has 0 amide bonds. The van der Waals surface area contributed by atoms with Crippen molar-refractivity contribution in [2.24, 2.45) is 0 Å². The van der Waals surface area contributed by atoms with Crippen molar-refractivity contribution in [1.82, 2.24) is 5.32 Å². The van der Waals surface area contributed by atoms with E-state index >= 15 is 0 Å². The molecule has 0 aromatic rings. The van der Waals surface area contributed by atoms with Crippen molar-refractivity contribution >= 4 is 5.97 Å². The Bertz CT molecular complexity index is 256. The topological polar surface area (TPSA) is 49.3 Å². The van der Waals surface area contributed by atoms with Crippen LogP contribution in [-0.4, -0.2) is 23.7 Å². The third-order valence-corrected chi connectivity index (χ3v) is 4.57. The van der Waals surface area contributed by atoms with Gasteiger partial charge in [0.25, 0.3) is 0 Å². The summed E-state index contributed by atoms with van der Waals surface area (Å²) >= 11 is 0. The van der Waals surface area contributed by atoms with E-state index in [4.69, 9.17) is 0 Å². The lowest BCUT2D eigenvalue weighted by Gasteiger charge is -2.13. The van der Waals surface area contributed by atoms with Crippen molar-refractivity contribution in [3.8, 4) is 0 Å². The van der Waals surface area contributed by atoms with Crippen LogP contribution in [0.5, 0.6) is 0 Å². The second kappa shape index (κ2) is 17.8. The van der Waals surface area contributed by atoms with Crippen LogP contribution in [0.25, 0.3) is 0 Å². The lowest BCUT2D eigenvalue weighted by molar-refractivity contribution is -0.139. The van der Waals surface area contributed by atoms with Gasteiger partial charge in [0.15, 0.2) is 0 Å². The molecule has 0 radical (unpaired) electrons. The Morgan fingerprint density at radius 2 is 1.17 bits per heavy atom. The van der Waals surface area contributed by atoms with E-state index in [0.717, 1.165) is 32.2 Å². The number of carbonyl (C=O) groups is 1. The maximum Gasteiger partial charge on any atom is 0.320 e. The van der Waals surface area contributed by atoms with Gasteiger partial charge in [-0.25, -0.2) is 0 Å². The lowest BCUT2D eigenvalue weighted by Crippen LogP contribution is -2.37. The zero-order chi connectivity index (χ0) is 17.2. The van der Waals surface area contributed by atoms with Gasteiger partial charge in [-0.05, 0) is 19.4 Å². The van der Waals surface area contributed by atoms with E-state index in [1.165, 1.54) is 70.6 Å². The summed E-state index contributed by atoms with van der Waals surface area (Å²) in [6, 6.07) is -0.343. The van der Waals surface area contributed by atoms with Gasteiger partial charge in [-0.3, -0.25) is 4.79 Å². The predicted molar refractivity (Wildman–Crippen MR) is 100 cm³/mol. The van der Waals surface area contributed by atoms with E-state index in [1.807, 2.05) is 0 Å². The fourth-order valence-electron chi connectivity index (χ4n) is 2.96. The number of carboxylic acids is 1. The van der Waals surface area contributed by atoms with Crippen molar-refractivity contribution in [2.45, 2.75) is 116 Å². The smallest absolute Gasteiger partial charge is 0.320 e. The van der Waals surface area contributed by atoms with Gasteiger partial charge in [0.2, 0.25) is 0 Å². The molecule has 0 aliphatic heterocycles. The van der Waals surface area contributed by atoms with Gasteiger partial charge in [-0.15, -0.1) is 0 Å². The quantitative estimate of drug-likeness (QED) is 0.307. The van der Waals surface area contributed by atoms with Crippen molar-refractivity contribution in [3.05, 3.63) is 0 Å². The molecule has 23 heavy (non-hydrogen) atoms. The maximum absolute atomic E-state index is 11.2. The monoisotopic (exact) mass is 327 g/mol. The van der Waals surface area contributed by atoms with Crippen molar-refractivity contribution < 1.29 is 9.90 Å². The Labute approximate surface area is 144 Å². The molecule has 0 aliphatic rings. The predicted octanol–water partition coefficient (Wildman–Crippen LogP) is 5.92. The lowest BCUT2D eigenvalue weighted by atomic mass is 10.0. The van der Waals surface area contributed by atoms with Crippen LogP contribution in [0.4, 0.5) is 0 Å². The summed E-state index contributed by atoms with van der Waals surface area (Å²) in [5.74, 6) is -0.691. The van der Waals surface area contributed by atoms with E-state index in [9.17, 15) is 9.90 Å². The zero-order valence-electron chi connectivity index (χ0n) is 15.7. The molecule has 3 nitrogen and oxygen atoms in total. The molecule has 2 N–H and O–H groups in total. The molecule has 0 rings (SSSR count). The summed E-state index contributed by atoms with van der Waals surface area (Å²) in [5.41, 5.74) is 0. The third-order valence-electron chi connectivity index (χ3n) is 4.57. The molecular formula is C20H41NO2. The van der Waals surface area contributed by atoms with Crippen LogP contribution >= 0.6 is 0 Å². The first-order valence-corrected chi connectivity index (χ1v) is 10.2. The third kappa shape index (κ3) is 16.1. The molecule has 0 aliphatic carbocycles. The summed E-state index contributed by atoms with van der Waals surface area (Å²) < 4.78 is 0. The molecule has 0 saturated carbocycles. The Balaban J connectivity index is 3.34. The minimum absolute atomic E-state index is 0.343. The molecule has 0 aromatic carbocycles. The summed E-state index contributed by atoms with van der Waals surface area (Å²) in [6.07, 6.45) is 18.8. The average Bonchev–Trinajstić information content (AvgIpc) is 2.54. The number of unbranched alkanes of at least 4 members (excludes halogenated alkanes) is 12. The molecule has 0 fully saturated rings. The largest absolute Gasteiger partial charge is 0.480 e. The number of hydrogen-bond donors (Lipinski definition) is 2. The second-order valence-corrected chi connectivity index (χ2v) is 6.88. The van der Waals surface area contributed by atoms with Crippen LogP contribution in [0.15, 0.2) is 0 Å². The highest BCUT2D eigenvalue weighted by Gasteiger charge is 2.15. The minimum Gasteiger partial charge on any atom is -0.480 e. The summed E-state index contributed by atoms with van der Waals surface area (Å²) in [5, 5.41) is 12.3. The standard InChI is InChI=1S/C20H41NO2/c1-3-5-7-8-9-10-11-12-13-14-15-16-17-19(20(22)23)21-18-6-4-2/h19,21H,3-18H2,1-2H3,(H,22,23). The van der Waals surface area contributed by atoms with Crippen LogP contribution < -0.4 is 5.32 Å². The zero-order valence-corrected chi connectivity index (χ0v) is 15.7. The first kappa shape index (κ1) is 22.4. The second-order valence-electron chi connectivity index (χ2n) is 6.88. The van der Waals surface area contributed by atoms with Crippen molar-refractivity contribution in [1.29, 1.82) is 0 Å². The number of rotatable bonds is 18. The van der Waals surface area contributed by atoms with Crippen molar-refractivity contribution in [3.63, 3.8) is 0 Å². The molecule has 1 unspecified atom stereocenters. The maximum atomic E-state index is 11.2. The fourth-order valence-corrected chi connectivity index (χ4v) is 2.96. The van der Waals surface area contributed by atoms with Gasteiger partial charge in [-0.2, -0.15) is 0 Å². The summed E-state index contributed by atoms with van der Waals surface area (Å²) in [4.78, 5) is 11.2. The summed E-state index contributed by atoms with van der Waals surface area (Å²) in [6.45, 7) is 5.22. The van der Waals surface area contributed by atoms with Crippen LogP contribution in [0.2, 0.25) is 0 Å². The Kier molecular flexibility index (Phi) is 17.3. The molecule has 0 spiro atoms. The Morgan fingerprint density at radius 1 is 0.739 bits per heavy atom. The Hall–Kier alpha value is -0.570. The van der Waals surface area contributed by atoms with Crippen LogP contribution in [0.1, 0.15) is 110 Å². The van der Waals surface area contributed by atoms with Crippen LogP contribution in [-0.2, 0) is 4.79 Å². The number of hydrogen-bond acceptors (Lipinski definition) is 2. The van der Waals surface area contributed by atoms with Crippen LogP contribution in [0.3, 0.4) is 0 Å². The average molecular weight is 328 g/mol. The van der Waals surface area contributed by atoms with Crippen molar-refractivity contribution in [2.75, 3.05) is 6.54 Å². The highest BCUT2D eigenvalue weighted by atomic mass is 16.4. The number of nitrogens with one attached hydrogen (secondary N) is 1. The van der Waals surface area contributed by atoms with Gasteiger partial charge in [-0.1, -0.05) is 97.3 Å². The molecule has 0 heterocycles.